The Morgan fingerprint density at radius 3 is 2.43 bits per heavy atom. The summed E-state index contributed by atoms with van der Waals surface area (Å²) < 4.78 is 12.8. The molecule has 2 N–H and O–H groups in total. The van der Waals surface area contributed by atoms with Gasteiger partial charge in [0.25, 0.3) is 0 Å². The van der Waals surface area contributed by atoms with Crippen LogP contribution in [0, 0.1) is 12.7 Å². The maximum Gasteiger partial charge on any atom is 0.319 e. The highest BCUT2D eigenvalue weighted by atomic mass is 19.1. The molecule has 0 unspecified atom stereocenters. The van der Waals surface area contributed by atoms with Crippen molar-refractivity contribution in [2.75, 3.05) is 30.9 Å². The molecule has 0 bridgehead atoms. The number of anilines is 2. The van der Waals surface area contributed by atoms with Crippen molar-refractivity contribution >= 4 is 17.4 Å². The first kappa shape index (κ1) is 16.8. The van der Waals surface area contributed by atoms with E-state index in [1.165, 1.54) is 12.1 Å². The van der Waals surface area contributed by atoms with Gasteiger partial charge in [-0.15, -0.1) is 0 Å². The molecule has 0 saturated heterocycles. The molecule has 0 aliphatic heterocycles. The van der Waals surface area contributed by atoms with E-state index in [1.807, 2.05) is 44.1 Å². The Bertz CT molecular complexity index is 668. The number of carbonyl (C=O) groups excluding carboxylic acids is 1. The van der Waals surface area contributed by atoms with E-state index in [1.54, 1.807) is 12.1 Å². The fourth-order valence-corrected chi connectivity index (χ4v) is 2.20. The van der Waals surface area contributed by atoms with Crippen LogP contribution in [0.25, 0.3) is 0 Å². The maximum atomic E-state index is 12.8. The van der Waals surface area contributed by atoms with Crippen molar-refractivity contribution in [1.82, 2.24) is 5.32 Å². The number of amides is 2. The predicted molar refractivity (Wildman–Crippen MR) is 92.6 cm³/mol. The summed E-state index contributed by atoms with van der Waals surface area (Å²) in [7, 11) is 3.95. The molecule has 0 aromatic heterocycles. The lowest BCUT2D eigenvalue weighted by Gasteiger charge is -2.15. The Balaban J connectivity index is 1.84. The van der Waals surface area contributed by atoms with Gasteiger partial charge in [-0.25, -0.2) is 9.18 Å². The molecule has 0 saturated carbocycles. The fraction of sp³-hybridized carbons (Fsp3) is 0.278. The summed E-state index contributed by atoms with van der Waals surface area (Å²) in [6.07, 6.45) is 0.659. The van der Waals surface area contributed by atoms with E-state index in [0.717, 1.165) is 22.5 Å². The zero-order valence-corrected chi connectivity index (χ0v) is 13.7. The monoisotopic (exact) mass is 315 g/mol. The number of benzene rings is 2. The average Bonchev–Trinajstić information content (AvgIpc) is 2.51. The first-order valence-electron chi connectivity index (χ1n) is 7.53. The fourth-order valence-electron chi connectivity index (χ4n) is 2.20. The Labute approximate surface area is 136 Å². The van der Waals surface area contributed by atoms with Crippen LogP contribution in [0.2, 0.25) is 0 Å². The van der Waals surface area contributed by atoms with Crippen molar-refractivity contribution in [3.63, 3.8) is 0 Å². The minimum absolute atomic E-state index is 0.243. The molecular formula is C18H22FN3O. The van der Waals surface area contributed by atoms with E-state index in [4.69, 9.17) is 0 Å². The molecule has 2 aromatic carbocycles. The minimum Gasteiger partial charge on any atom is -0.378 e. The number of carbonyl (C=O) groups is 1. The molecule has 23 heavy (non-hydrogen) atoms. The predicted octanol–water partition coefficient (Wildman–Crippen LogP) is 3.56. The highest BCUT2D eigenvalue weighted by molar-refractivity contribution is 5.90. The van der Waals surface area contributed by atoms with E-state index in [9.17, 15) is 9.18 Å². The summed E-state index contributed by atoms with van der Waals surface area (Å²) in [5.74, 6) is -0.254. The second-order valence-corrected chi connectivity index (χ2v) is 5.65. The molecule has 2 amide bonds. The molecule has 0 aliphatic carbocycles. The van der Waals surface area contributed by atoms with Crippen LogP contribution in [0.15, 0.2) is 42.5 Å². The second kappa shape index (κ2) is 7.63. The molecule has 122 valence electrons. The van der Waals surface area contributed by atoms with Crippen LogP contribution in [0.4, 0.5) is 20.6 Å². The third kappa shape index (κ3) is 4.98. The third-order valence-electron chi connectivity index (χ3n) is 3.59. The van der Waals surface area contributed by atoms with Crippen molar-refractivity contribution in [2.45, 2.75) is 13.3 Å². The summed E-state index contributed by atoms with van der Waals surface area (Å²) in [4.78, 5) is 13.9. The number of nitrogens with zero attached hydrogens (tertiary/aromatic N) is 1. The van der Waals surface area contributed by atoms with Gasteiger partial charge in [0.2, 0.25) is 0 Å². The second-order valence-electron chi connectivity index (χ2n) is 5.65. The number of nitrogens with one attached hydrogen (secondary N) is 2. The zero-order valence-electron chi connectivity index (χ0n) is 13.7. The molecule has 0 heterocycles. The highest BCUT2D eigenvalue weighted by Gasteiger charge is 2.05. The van der Waals surface area contributed by atoms with E-state index in [-0.39, 0.29) is 11.8 Å². The largest absolute Gasteiger partial charge is 0.378 e. The minimum atomic E-state index is -0.254. The quantitative estimate of drug-likeness (QED) is 0.886. The summed E-state index contributed by atoms with van der Waals surface area (Å²) >= 11 is 0. The van der Waals surface area contributed by atoms with Gasteiger partial charge in [-0.05, 0) is 54.8 Å². The van der Waals surface area contributed by atoms with E-state index in [0.29, 0.717) is 13.0 Å². The Morgan fingerprint density at radius 2 is 1.83 bits per heavy atom. The van der Waals surface area contributed by atoms with Crippen molar-refractivity contribution < 1.29 is 9.18 Å². The van der Waals surface area contributed by atoms with Crippen LogP contribution in [-0.2, 0) is 6.42 Å². The normalized spacial score (nSPS) is 10.3. The first-order valence-corrected chi connectivity index (χ1v) is 7.53. The Kier molecular flexibility index (Phi) is 5.57. The lowest BCUT2D eigenvalue weighted by Crippen LogP contribution is -2.30. The summed E-state index contributed by atoms with van der Waals surface area (Å²) in [6, 6.07) is 11.9. The molecular weight excluding hydrogens is 293 g/mol. The standard InChI is InChI=1S/C18H22FN3O/c1-13-12-16(22(2)3)8-9-17(13)21-18(23)20-11-10-14-4-6-15(19)7-5-14/h4-9,12H,10-11H2,1-3H3,(H2,20,21,23). The molecule has 0 radical (unpaired) electrons. The number of aryl methyl sites for hydroxylation is 1. The zero-order chi connectivity index (χ0) is 16.8. The molecule has 2 aromatic rings. The molecule has 0 spiro atoms. The van der Waals surface area contributed by atoms with Gasteiger partial charge in [0.05, 0.1) is 0 Å². The van der Waals surface area contributed by atoms with Gasteiger partial charge in [0.15, 0.2) is 0 Å². The smallest absolute Gasteiger partial charge is 0.319 e. The maximum absolute atomic E-state index is 12.8. The number of hydrogen-bond acceptors (Lipinski definition) is 2. The van der Waals surface area contributed by atoms with Gasteiger partial charge in [0, 0.05) is 32.0 Å². The molecule has 5 heteroatoms. The van der Waals surface area contributed by atoms with E-state index in [2.05, 4.69) is 10.6 Å². The number of halogens is 1. The van der Waals surface area contributed by atoms with Gasteiger partial charge >= 0.3 is 6.03 Å². The molecule has 0 atom stereocenters. The van der Waals surface area contributed by atoms with Gasteiger partial charge < -0.3 is 15.5 Å². The van der Waals surface area contributed by atoms with Crippen molar-refractivity contribution in [3.05, 3.63) is 59.4 Å². The van der Waals surface area contributed by atoms with Crippen molar-refractivity contribution in [3.8, 4) is 0 Å². The van der Waals surface area contributed by atoms with Crippen LogP contribution in [0.1, 0.15) is 11.1 Å². The molecule has 0 fully saturated rings. The first-order chi connectivity index (χ1) is 11.0. The average molecular weight is 315 g/mol. The van der Waals surface area contributed by atoms with Crippen LogP contribution in [-0.4, -0.2) is 26.7 Å². The molecule has 2 rings (SSSR count). The topological polar surface area (TPSA) is 44.4 Å². The lowest BCUT2D eigenvalue weighted by atomic mass is 10.1. The van der Waals surface area contributed by atoms with Crippen LogP contribution in [0.5, 0.6) is 0 Å². The van der Waals surface area contributed by atoms with Crippen molar-refractivity contribution in [2.24, 2.45) is 0 Å². The Morgan fingerprint density at radius 1 is 1.13 bits per heavy atom. The Hall–Kier alpha value is -2.56. The highest BCUT2D eigenvalue weighted by Crippen LogP contribution is 2.21. The third-order valence-corrected chi connectivity index (χ3v) is 3.59. The van der Waals surface area contributed by atoms with Crippen LogP contribution >= 0.6 is 0 Å². The summed E-state index contributed by atoms with van der Waals surface area (Å²) in [6.45, 7) is 2.45. The van der Waals surface area contributed by atoms with Gasteiger partial charge in [-0.2, -0.15) is 0 Å². The SMILES string of the molecule is Cc1cc(N(C)C)ccc1NC(=O)NCCc1ccc(F)cc1. The summed E-state index contributed by atoms with van der Waals surface area (Å²) in [5, 5.41) is 5.65. The van der Waals surface area contributed by atoms with Gasteiger partial charge in [0.1, 0.15) is 5.82 Å². The van der Waals surface area contributed by atoms with Gasteiger partial charge in [-0.3, -0.25) is 0 Å². The molecule has 4 nitrogen and oxygen atoms in total. The number of urea groups is 1. The number of hydrogen-bond donors (Lipinski definition) is 2. The van der Waals surface area contributed by atoms with Crippen molar-refractivity contribution in [1.29, 1.82) is 0 Å². The van der Waals surface area contributed by atoms with Crippen LogP contribution in [0.3, 0.4) is 0 Å². The van der Waals surface area contributed by atoms with Crippen LogP contribution < -0.4 is 15.5 Å². The summed E-state index contributed by atoms with van der Waals surface area (Å²) in [5.41, 5.74) is 3.86. The van der Waals surface area contributed by atoms with Gasteiger partial charge in [-0.1, -0.05) is 12.1 Å². The van der Waals surface area contributed by atoms with E-state index >= 15 is 0 Å². The lowest BCUT2D eigenvalue weighted by molar-refractivity contribution is 0.252. The van der Waals surface area contributed by atoms with E-state index < -0.39 is 0 Å². The molecule has 0 aliphatic rings. The number of rotatable bonds is 5.